The average Bonchev–Trinajstić information content (AvgIpc) is 3.43. The van der Waals surface area contributed by atoms with Gasteiger partial charge in [0, 0.05) is 47.2 Å². The maximum Gasteiger partial charge on any atom is 0.370 e. The predicted molar refractivity (Wildman–Crippen MR) is 164 cm³/mol. The summed E-state index contributed by atoms with van der Waals surface area (Å²) in [5.41, 5.74) is 2.97. The van der Waals surface area contributed by atoms with E-state index in [4.69, 9.17) is 14.1 Å². The van der Waals surface area contributed by atoms with Crippen molar-refractivity contribution in [2.45, 2.75) is 62.8 Å². The van der Waals surface area contributed by atoms with Gasteiger partial charge in [-0.25, -0.2) is 4.57 Å². The number of oxazole rings is 1. The number of allylic oxidation sites excluding steroid dienone is 5. The molecule has 3 heterocycles. The highest BCUT2D eigenvalue weighted by Gasteiger charge is 2.40. The van der Waals surface area contributed by atoms with Gasteiger partial charge in [0.25, 0.3) is 20.2 Å². The van der Waals surface area contributed by atoms with Crippen molar-refractivity contribution in [2.24, 2.45) is 0 Å². The van der Waals surface area contributed by atoms with Gasteiger partial charge in [-0.1, -0.05) is 38.5 Å². The third kappa shape index (κ3) is 8.20. The number of fused-ring (bicyclic) bond motifs is 2. The average molecular weight is 647 g/mol. The van der Waals surface area contributed by atoms with Crippen LogP contribution in [0, 0.1) is 0 Å². The first kappa shape index (κ1) is 33.1. The van der Waals surface area contributed by atoms with Crippen molar-refractivity contribution >= 4 is 49.2 Å². The monoisotopic (exact) mass is 646 g/mol. The van der Waals surface area contributed by atoms with E-state index in [9.17, 15) is 26.2 Å². The molecule has 1 aliphatic rings. The molecule has 3 aromatic rings. The molecule has 0 radical (unpaired) electrons. The number of rotatable bonds is 14. The molecule has 3 N–H and O–H groups in total. The van der Waals surface area contributed by atoms with Crippen molar-refractivity contribution in [2.75, 3.05) is 17.2 Å². The van der Waals surface area contributed by atoms with Crippen LogP contribution in [-0.2, 0) is 37.0 Å². The Balaban J connectivity index is 1.53. The van der Waals surface area contributed by atoms with Crippen LogP contribution in [0.5, 0.6) is 0 Å². The number of carbonyl (C=O) groups is 1. The fourth-order valence-electron chi connectivity index (χ4n) is 5.26. The van der Waals surface area contributed by atoms with Crippen molar-refractivity contribution < 1.29 is 44.8 Å². The molecule has 0 unspecified atom stereocenters. The van der Waals surface area contributed by atoms with Gasteiger partial charge in [-0.2, -0.15) is 16.8 Å². The summed E-state index contributed by atoms with van der Waals surface area (Å²) >= 11 is 0. The van der Waals surface area contributed by atoms with Crippen molar-refractivity contribution in [1.29, 1.82) is 0 Å². The summed E-state index contributed by atoms with van der Waals surface area (Å²) in [6, 6.07) is 8.07. The van der Waals surface area contributed by atoms with Crippen molar-refractivity contribution in [3.05, 3.63) is 78.0 Å². The second-order valence-corrected chi connectivity index (χ2v) is 14.0. The van der Waals surface area contributed by atoms with E-state index in [1.165, 1.54) is 12.1 Å². The molecule has 44 heavy (non-hydrogen) atoms. The Bertz CT molecular complexity index is 1840. The van der Waals surface area contributed by atoms with Gasteiger partial charge < -0.3 is 14.4 Å². The molecule has 0 saturated heterocycles. The zero-order valence-corrected chi connectivity index (χ0v) is 26.1. The molecule has 2 aromatic heterocycles. The normalized spacial score (nSPS) is 16.1. The van der Waals surface area contributed by atoms with E-state index in [0.717, 1.165) is 29.8 Å². The Labute approximate surface area is 256 Å². The maximum absolute atomic E-state index is 11.8. The maximum atomic E-state index is 11.8. The topological polar surface area (TPSA) is 179 Å². The second kappa shape index (κ2) is 13.4. The summed E-state index contributed by atoms with van der Waals surface area (Å²) in [5.74, 6) is -0.837. The zero-order valence-electron chi connectivity index (χ0n) is 24.5. The molecule has 0 amide bonds. The molecule has 4 rings (SSSR count). The second-order valence-electron chi connectivity index (χ2n) is 11.0. The Morgan fingerprint density at radius 2 is 1.82 bits per heavy atom. The highest BCUT2D eigenvalue weighted by molar-refractivity contribution is 7.86. The number of nitrogens with zero attached hydrogens (tertiary/aromatic N) is 3. The lowest BCUT2D eigenvalue weighted by molar-refractivity contribution is -0.673. The van der Waals surface area contributed by atoms with E-state index in [1.54, 1.807) is 47.2 Å². The molecule has 236 valence electrons. The van der Waals surface area contributed by atoms with Gasteiger partial charge in [-0.05, 0) is 54.8 Å². The van der Waals surface area contributed by atoms with Crippen LogP contribution in [0.4, 0.5) is 5.69 Å². The summed E-state index contributed by atoms with van der Waals surface area (Å²) in [4.78, 5) is 17.3. The van der Waals surface area contributed by atoms with Gasteiger partial charge >= 0.3 is 17.5 Å². The molecule has 0 aliphatic carbocycles. The van der Waals surface area contributed by atoms with Crippen molar-refractivity contribution in [3.8, 4) is 0 Å². The SMILES string of the molecule is CC1(C)C(=CC=CC=Cc2nc3c(ccc[n+]3CCCS(=O)(=O)O)o2)N(CCCCCC(=O)O)c2ccc(S(=O)(=O)O)cc21. The quantitative estimate of drug-likeness (QED) is 0.0969. The van der Waals surface area contributed by atoms with E-state index in [-0.39, 0.29) is 23.5 Å². The van der Waals surface area contributed by atoms with Crippen LogP contribution in [0.15, 0.2) is 75.8 Å². The molecular weight excluding hydrogens is 610 g/mol. The lowest BCUT2D eigenvalue weighted by Crippen LogP contribution is -2.35. The Morgan fingerprint density at radius 1 is 1.05 bits per heavy atom. The van der Waals surface area contributed by atoms with Gasteiger partial charge in [0.15, 0.2) is 0 Å². The lowest BCUT2D eigenvalue weighted by atomic mass is 9.83. The van der Waals surface area contributed by atoms with Gasteiger partial charge in [0.1, 0.15) is 0 Å². The van der Waals surface area contributed by atoms with Crippen LogP contribution in [-0.4, -0.2) is 54.3 Å². The molecule has 12 nitrogen and oxygen atoms in total. The summed E-state index contributed by atoms with van der Waals surface area (Å²) in [7, 11) is -8.43. The first-order valence-electron chi connectivity index (χ1n) is 14.1. The predicted octanol–water partition coefficient (Wildman–Crippen LogP) is 4.54. The van der Waals surface area contributed by atoms with Crippen LogP contribution >= 0.6 is 0 Å². The molecule has 14 heteroatoms. The lowest BCUT2D eigenvalue weighted by Gasteiger charge is -2.27. The highest BCUT2D eigenvalue weighted by Crippen LogP contribution is 2.48. The summed E-state index contributed by atoms with van der Waals surface area (Å²) < 4.78 is 71.9. The number of aliphatic carboxylic acids is 1. The van der Waals surface area contributed by atoms with Crippen LogP contribution in [0.1, 0.15) is 57.4 Å². The van der Waals surface area contributed by atoms with Gasteiger partial charge in [0.2, 0.25) is 5.58 Å². The minimum absolute atomic E-state index is 0.103. The first-order chi connectivity index (χ1) is 20.7. The molecule has 0 bridgehead atoms. The fraction of sp³-hybridized carbons (Fsp3) is 0.367. The number of aryl methyl sites for hydroxylation is 1. The van der Waals surface area contributed by atoms with Gasteiger partial charge in [-0.3, -0.25) is 13.9 Å². The number of unbranched alkanes of at least 4 members (excludes halogenated alkanes) is 2. The third-order valence-corrected chi connectivity index (χ3v) is 9.04. The minimum atomic E-state index is -4.38. The van der Waals surface area contributed by atoms with E-state index < -0.39 is 31.6 Å². The van der Waals surface area contributed by atoms with Crippen LogP contribution < -0.4 is 9.47 Å². The fourth-order valence-corrected chi connectivity index (χ4v) is 6.26. The number of carboxylic acid groups (broad SMARTS) is 1. The number of hydrogen-bond donors (Lipinski definition) is 3. The van der Waals surface area contributed by atoms with Crippen LogP contribution in [0.25, 0.3) is 17.3 Å². The largest absolute Gasteiger partial charge is 0.481 e. The number of hydrogen-bond acceptors (Lipinski definition) is 8. The Morgan fingerprint density at radius 3 is 2.52 bits per heavy atom. The third-order valence-electron chi connectivity index (χ3n) is 7.39. The van der Waals surface area contributed by atoms with Crippen molar-refractivity contribution in [3.63, 3.8) is 0 Å². The molecule has 0 fully saturated rings. The van der Waals surface area contributed by atoms with Crippen LogP contribution in [0.3, 0.4) is 0 Å². The molecule has 0 spiro atoms. The number of benzene rings is 1. The van der Waals surface area contributed by atoms with Gasteiger partial charge in [-0.15, -0.1) is 0 Å². The number of carboxylic acids is 1. The summed E-state index contributed by atoms with van der Waals surface area (Å²) in [6.07, 6.45) is 13.1. The summed E-state index contributed by atoms with van der Waals surface area (Å²) in [5, 5.41) is 8.94. The number of anilines is 1. The highest BCUT2D eigenvalue weighted by atomic mass is 32.2. The molecular formula is C30H36N3O9S2+. The van der Waals surface area contributed by atoms with E-state index >= 15 is 0 Å². The summed E-state index contributed by atoms with van der Waals surface area (Å²) in [6.45, 7) is 4.89. The smallest absolute Gasteiger partial charge is 0.370 e. The van der Waals surface area contributed by atoms with E-state index in [0.29, 0.717) is 36.6 Å². The standard InChI is InChI=1S/C30H35N3O9S2/c1-30(2)23-21-22(44(39,40)41)15-16-24(23)33(19-8-4-7-14-28(34)35)26(30)12-5-3-6-13-27-31-29-25(42-27)11-9-17-32(29)18-10-20-43(36,37)38/h3,5-6,9,11-13,15-17,21H,4,7-8,10,14,18-20H2,1-2H3,(H2-,34,35,36,37,38,39,40,41)/p+1. The zero-order chi connectivity index (χ0) is 32.1. The van der Waals surface area contributed by atoms with Gasteiger partial charge in [0.05, 0.1) is 23.4 Å². The van der Waals surface area contributed by atoms with Crippen LogP contribution in [0.2, 0.25) is 0 Å². The molecule has 1 aromatic carbocycles. The number of aromatic nitrogens is 2. The van der Waals surface area contributed by atoms with E-state index in [1.807, 2.05) is 26.0 Å². The van der Waals surface area contributed by atoms with Crippen molar-refractivity contribution in [1.82, 2.24) is 4.98 Å². The first-order valence-corrected chi connectivity index (χ1v) is 17.1. The number of pyridine rings is 1. The Kier molecular flexibility index (Phi) is 10.1. The molecule has 0 atom stereocenters. The molecule has 1 aliphatic heterocycles. The van der Waals surface area contributed by atoms with E-state index in [2.05, 4.69) is 9.88 Å². The minimum Gasteiger partial charge on any atom is -0.481 e. The molecule has 0 saturated carbocycles. The Hall–Kier alpha value is -3.85.